The Morgan fingerprint density at radius 2 is 1.85 bits per heavy atom. The van der Waals surface area contributed by atoms with Gasteiger partial charge >= 0.3 is 5.97 Å². The second kappa shape index (κ2) is 8.29. The molecule has 2 heterocycles. The minimum Gasteiger partial charge on any atom is -0.465 e. The molecule has 1 fully saturated rings. The van der Waals surface area contributed by atoms with E-state index in [2.05, 4.69) is 27.3 Å². The van der Waals surface area contributed by atoms with Crippen molar-refractivity contribution < 1.29 is 14.3 Å². The molecule has 0 atom stereocenters. The zero-order valence-corrected chi connectivity index (χ0v) is 16.2. The molecular formula is C21H27N3O3. The quantitative estimate of drug-likeness (QED) is 0.767. The molecular weight excluding hydrogens is 342 g/mol. The number of anilines is 1. The molecule has 2 aromatic rings. The van der Waals surface area contributed by atoms with Crippen molar-refractivity contribution >= 4 is 17.6 Å². The third-order valence-electron chi connectivity index (χ3n) is 5.16. The fourth-order valence-electron chi connectivity index (χ4n) is 3.60. The van der Waals surface area contributed by atoms with Crippen molar-refractivity contribution in [1.82, 2.24) is 10.3 Å². The van der Waals surface area contributed by atoms with Crippen LogP contribution in [0.25, 0.3) is 0 Å². The number of esters is 1. The van der Waals surface area contributed by atoms with Gasteiger partial charge in [0.1, 0.15) is 5.69 Å². The molecule has 6 heteroatoms. The normalized spacial score (nSPS) is 13.7. The molecule has 1 aliphatic heterocycles. The molecule has 1 saturated heterocycles. The summed E-state index contributed by atoms with van der Waals surface area (Å²) in [6, 6.07) is 8.31. The molecule has 0 bridgehead atoms. The number of ether oxygens (including phenoxy) is 1. The summed E-state index contributed by atoms with van der Waals surface area (Å²) in [5.41, 5.74) is 4.50. The summed E-state index contributed by atoms with van der Waals surface area (Å²) >= 11 is 0. The molecule has 1 aromatic carbocycles. The monoisotopic (exact) mass is 369 g/mol. The lowest BCUT2D eigenvalue weighted by Crippen LogP contribution is -2.24. The summed E-state index contributed by atoms with van der Waals surface area (Å²) in [5, 5.41) is 2.93. The van der Waals surface area contributed by atoms with Crippen LogP contribution in [0.15, 0.2) is 24.3 Å². The number of carbonyl (C=O) groups excluding carboxylic acids is 2. The van der Waals surface area contributed by atoms with Crippen LogP contribution in [0.4, 0.5) is 5.69 Å². The maximum Gasteiger partial charge on any atom is 0.339 e. The number of methoxy groups -OCH3 is 1. The van der Waals surface area contributed by atoms with Crippen LogP contribution < -0.4 is 10.2 Å². The molecule has 0 radical (unpaired) electrons. The fourth-order valence-corrected chi connectivity index (χ4v) is 3.60. The van der Waals surface area contributed by atoms with Crippen LogP contribution in [0.3, 0.4) is 0 Å². The van der Waals surface area contributed by atoms with Crippen LogP contribution in [0.5, 0.6) is 0 Å². The fraction of sp³-hybridized carbons (Fsp3) is 0.429. The van der Waals surface area contributed by atoms with E-state index in [-0.39, 0.29) is 5.91 Å². The van der Waals surface area contributed by atoms with Gasteiger partial charge in [-0.15, -0.1) is 0 Å². The minimum atomic E-state index is -0.419. The Kier molecular flexibility index (Phi) is 5.84. The van der Waals surface area contributed by atoms with Gasteiger partial charge in [0.15, 0.2) is 0 Å². The molecule has 0 aliphatic carbocycles. The van der Waals surface area contributed by atoms with Crippen molar-refractivity contribution in [3.63, 3.8) is 0 Å². The molecule has 1 amide bonds. The number of hydrogen-bond donors (Lipinski definition) is 2. The van der Waals surface area contributed by atoms with Gasteiger partial charge in [-0.2, -0.15) is 0 Å². The van der Waals surface area contributed by atoms with E-state index in [0.717, 1.165) is 24.3 Å². The summed E-state index contributed by atoms with van der Waals surface area (Å²) in [6.45, 7) is 6.37. The van der Waals surface area contributed by atoms with E-state index in [1.807, 2.05) is 19.1 Å². The third-order valence-corrected chi connectivity index (χ3v) is 5.16. The van der Waals surface area contributed by atoms with Gasteiger partial charge in [0.05, 0.1) is 12.7 Å². The average molecular weight is 369 g/mol. The zero-order chi connectivity index (χ0) is 19.4. The van der Waals surface area contributed by atoms with Crippen molar-refractivity contribution in [2.24, 2.45) is 0 Å². The number of carbonyl (C=O) groups is 2. The standard InChI is InChI=1S/C21H27N3O3/c1-4-17-18(21(26)27-3)14(2)19(23-17)20(25)22-13-15-7-9-16(10-8-15)24-11-5-6-12-24/h7-10,23H,4-6,11-13H2,1-3H3,(H,22,25). The summed E-state index contributed by atoms with van der Waals surface area (Å²) in [7, 11) is 1.35. The van der Waals surface area contributed by atoms with E-state index < -0.39 is 5.97 Å². The van der Waals surface area contributed by atoms with Gasteiger partial charge in [-0.3, -0.25) is 4.79 Å². The predicted octanol–water partition coefficient (Wildman–Crippen LogP) is 3.20. The molecule has 3 rings (SSSR count). The van der Waals surface area contributed by atoms with Gasteiger partial charge in [-0.1, -0.05) is 19.1 Å². The third kappa shape index (κ3) is 3.99. The maximum atomic E-state index is 12.6. The second-order valence-electron chi connectivity index (χ2n) is 6.87. The highest BCUT2D eigenvalue weighted by Gasteiger charge is 2.23. The van der Waals surface area contributed by atoms with Crippen LogP contribution in [-0.4, -0.2) is 37.1 Å². The average Bonchev–Trinajstić information content (AvgIpc) is 3.34. The number of amides is 1. The lowest BCUT2D eigenvalue weighted by atomic mass is 10.1. The highest BCUT2D eigenvalue weighted by molar-refractivity contribution is 6.00. The smallest absolute Gasteiger partial charge is 0.339 e. The van der Waals surface area contributed by atoms with E-state index in [9.17, 15) is 9.59 Å². The Morgan fingerprint density at radius 3 is 2.44 bits per heavy atom. The number of H-pyrrole nitrogens is 1. The van der Waals surface area contributed by atoms with Gasteiger partial charge in [0.2, 0.25) is 0 Å². The second-order valence-corrected chi connectivity index (χ2v) is 6.87. The summed E-state index contributed by atoms with van der Waals surface area (Å²) in [5.74, 6) is -0.641. The molecule has 1 aromatic heterocycles. The number of benzene rings is 1. The molecule has 144 valence electrons. The Balaban J connectivity index is 1.67. The van der Waals surface area contributed by atoms with Crippen LogP contribution in [0.2, 0.25) is 0 Å². The summed E-state index contributed by atoms with van der Waals surface area (Å²) < 4.78 is 4.84. The van der Waals surface area contributed by atoms with E-state index in [1.165, 1.54) is 25.6 Å². The molecule has 2 N–H and O–H groups in total. The van der Waals surface area contributed by atoms with Crippen LogP contribution >= 0.6 is 0 Å². The van der Waals surface area contributed by atoms with Crippen LogP contribution in [0, 0.1) is 6.92 Å². The van der Waals surface area contributed by atoms with Crippen molar-refractivity contribution in [2.75, 3.05) is 25.1 Å². The highest BCUT2D eigenvalue weighted by Crippen LogP contribution is 2.22. The number of aromatic nitrogens is 1. The SMILES string of the molecule is CCc1[nH]c(C(=O)NCc2ccc(N3CCCC3)cc2)c(C)c1C(=O)OC. The first-order chi connectivity index (χ1) is 13.0. The number of aromatic amines is 1. The minimum absolute atomic E-state index is 0.221. The Morgan fingerprint density at radius 1 is 1.19 bits per heavy atom. The van der Waals surface area contributed by atoms with E-state index in [0.29, 0.717) is 29.8 Å². The van der Waals surface area contributed by atoms with Crippen molar-refractivity contribution in [3.8, 4) is 0 Å². The Hall–Kier alpha value is -2.76. The molecule has 27 heavy (non-hydrogen) atoms. The zero-order valence-electron chi connectivity index (χ0n) is 16.2. The van der Waals surface area contributed by atoms with Gasteiger partial charge in [0, 0.05) is 31.0 Å². The van der Waals surface area contributed by atoms with Crippen molar-refractivity contribution in [3.05, 3.63) is 52.3 Å². The summed E-state index contributed by atoms with van der Waals surface area (Å²) in [4.78, 5) is 30.1. The number of nitrogens with one attached hydrogen (secondary N) is 2. The predicted molar refractivity (Wildman–Crippen MR) is 105 cm³/mol. The van der Waals surface area contributed by atoms with Crippen molar-refractivity contribution in [1.29, 1.82) is 0 Å². The van der Waals surface area contributed by atoms with Gasteiger partial charge in [-0.25, -0.2) is 4.79 Å². The Labute approximate surface area is 159 Å². The maximum absolute atomic E-state index is 12.6. The molecule has 6 nitrogen and oxygen atoms in total. The lowest BCUT2D eigenvalue weighted by molar-refractivity contribution is 0.0599. The molecule has 1 aliphatic rings. The van der Waals surface area contributed by atoms with E-state index in [4.69, 9.17) is 4.74 Å². The van der Waals surface area contributed by atoms with E-state index in [1.54, 1.807) is 6.92 Å². The number of nitrogens with zero attached hydrogens (tertiary/aromatic N) is 1. The van der Waals surface area contributed by atoms with E-state index >= 15 is 0 Å². The molecule has 0 saturated carbocycles. The first kappa shape index (κ1) is 19.0. The topological polar surface area (TPSA) is 74.4 Å². The molecule has 0 unspecified atom stereocenters. The number of hydrogen-bond acceptors (Lipinski definition) is 4. The largest absolute Gasteiger partial charge is 0.465 e. The number of aryl methyl sites for hydroxylation is 1. The Bertz CT molecular complexity index is 818. The molecule has 0 spiro atoms. The van der Waals surface area contributed by atoms with Gasteiger partial charge < -0.3 is 19.9 Å². The first-order valence-electron chi connectivity index (χ1n) is 9.47. The van der Waals surface area contributed by atoms with Gasteiger partial charge in [-0.05, 0) is 49.4 Å². The van der Waals surface area contributed by atoms with Gasteiger partial charge in [0.25, 0.3) is 5.91 Å². The van der Waals surface area contributed by atoms with Crippen LogP contribution in [-0.2, 0) is 17.7 Å². The number of rotatable bonds is 6. The lowest BCUT2D eigenvalue weighted by Gasteiger charge is -2.17. The van der Waals surface area contributed by atoms with Crippen molar-refractivity contribution in [2.45, 2.75) is 39.7 Å². The summed E-state index contributed by atoms with van der Waals surface area (Å²) in [6.07, 6.45) is 3.12. The highest BCUT2D eigenvalue weighted by atomic mass is 16.5. The van der Waals surface area contributed by atoms with Crippen LogP contribution in [0.1, 0.15) is 57.4 Å². The first-order valence-corrected chi connectivity index (χ1v) is 9.47.